The molecular weight excluding hydrogens is 180 g/mol. The van der Waals surface area contributed by atoms with Crippen LogP contribution in [0.25, 0.3) is 0 Å². The first-order chi connectivity index (χ1) is 6.77. The average molecular weight is 196 g/mol. The molecule has 1 atom stereocenters. The molecule has 1 aromatic rings. The zero-order valence-corrected chi connectivity index (χ0v) is 8.45. The van der Waals surface area contributed by atoms with Crippen LogP contribution in [0.5, 0.6) is 0 Å². The molecule has 0 saturated heterocycles. The lowest BCUT2D eigenvalue weighted by molar-refractivity contribution is 0.133. The first-order valence-electron chi connectivity index (χ1n) is 4.50. The lowest BCUT2D eigenvalue weighted by atomic mass is 10.1. The molecule has 78 valence electrons. The summed E-state index contributed by atoms with van der Waals surface area (Å²) >= 11 is 0. The number of nitrogens with one attached hydrogen (secondary N) is 2. The predicted octanol–water partition coefficient (Wildman–Crippen LogP) is 1.74. The quantitative estimate of drug-likeness (QED) is 0.496. The number of rotatable bonds is 5. The molecular formula is C10H16N2O2. The largest absolute Gasteiger partial charge is 0.365 e. The van der Waals surface area contributed by atoms with Gasteiger partial charge < -0.3 is 15.3 Å². The molecule has 0 heterocycles. The summed E-state index contributed by atoms with van der Waals surface area (Å²) < 4.78 is 4.88. The Hall–Kier alpha value is -1.10. The second kappa shape index (κ2) is 5.59. The van der Waals surface area contributed by atoms with E-state index in [1.54, 1.807) is 7.11 Å². The predicted molar refractivity (Wildman–Crippen MR) is 55.3 cm³/mol. The van der Waals surface area contributed by atoms with Crippen molar-refractivity contribution >= 4 is 5.69 Å². The monoisotopic (exact) mass is 196 g/mol. The Kier molecular flexibility index (Phi) is 4.39. The van der Waals surface area contributed by atoms with E-state index in [1.165, 1.54) is 0 Å². The van der Waals surface area contributed by atoms with Gasteiger partial charge in [-0.15, -0.1) is 0 Å². The van der Waals surface area contributed by atoms with Crippen LogP contribution in [0.4, 0.5) is 5.69 Å². The summed E-state index contributed by atoms with van der Waals surface area (Å²) in [7, 11) is 1.64. The minimum Gasteiger partial charge on any atom is -0.365 e. The fourth-order valence-corrected chi connectivity index (χ4v) is 1.12. The molecule has 14 heavy (non-hydrogen) atoms. The number of hydroxylamine groups is 1. The lowest BCUT2D eigenvalue weighted by Crippen LogP contribution is -2.13. The van der Waals surface area contributed by atoms with Gasteiger partial charge in [-0.2, -0.15) is 5.48 Å². The molecule has 1 rings (SSSR count). The second-order valence-electron chi connectivity index (χ2n) is 3.08. The van der Waals surface area contributed by atoms with Gasteiger partial charge >= 0.3 is 0 Å². The molecule has 4 heteroatoms. The topological polar surface area (TPSA) is 53.5 Å². The van der Waals surface area contributed by atoms with Gasteiger partial charge in [-0.05, 0) is 24.6 Å². The van der Waals surface area contributed by atoms with E-state index in [-0.39, 0.29) is 6.04 Å². The Morgan fingerprint density at radius 2 is 2.00 bits per heavy atom. The van der Waals surface area contributed by atoms with Gasteiger partial charge in [0.15, 0.2) is 0 Å². The molecule has 0 aliphatic heterocycles. The average Bonchev–Trinajstić information content (AvgIpc) is 2.26. The smallest absolute Gasteiger partial charge is 0.116 e. The molecule has 0 amide bonds. The van der Waals surface area contributed by atoms with E-state index in [0.29, 0.717) is 6.73 Å². The van der Waals surface area contributed by atoms with Gasteiger partial charge in [0.2, 0.25) is 0 Å². The third-order valence-corrected chi connectivity index (χ3v) is 2.02. The van der Waals surface area contributed by atoms with Crippen molar-refractivity contribution in [1.29, 1.82) is 0 Å². The molecule has 1 unspecified atom stereocenters. The standard InChI is InChI=1S/C10H16N2O2/c1-8(12-13)9-3-5-10(6-4-9)11-7-14-2/h3-6,8,11-13H,7H2,1-2H3. The highest BCUT2D eigenvalue weighted by atomic mass is 16.5. The van der Waals surface area contributed by atoms with Crippen LogP contribution in [0.1, 0.15) is 18.5 Å². The minimum atomic E-state index is -0.0496. The highest BCUT2D eigenvalue weighted by Crippen LogP contribution is 2.15. The van der Waals surface area contributed by atoms with Crippen molar-refractivity contribution in [3.63, 3.8) is 0 Å². The third-order valence-electron chi connectivity index (χ3n) is 2.02. The fourth-order valence-electron chi connectivity index (χ4n) is 1.12. The maximum Gasteiger partial charge on any atom is 0.116 e. The molecule has 3 N–H and O–H groups in total. The van der Waals surface area contributed by atoms with Crippen LogP contribution in [0.2, 0.25) is 0 Å². The number of anilines is 1. The van der Waals surface area contributed by atoms with E-state index >= 15 is 0 Å². The number of hydrogen-bond donors (Lipinski definition) is 3. The Balaban J connectivity index is 2.59. The van der Waals surface area contributed by atoms with E-state index in [0.717, 1.165) is 11.3 Å². The Labute approximate surface area is 83.9 Å². The van der Waals surface area contributed by atoms with E-state index in [1.807, 2.05) is 31.2 Å². The van der Waals surface area contributed by atoms with Gasteiger partial charge in [0.05, 0.1) is 6.04 Å². The molecule has 0 aliphatic carbocycles. The van der Waals surface area contributed by atoms with Crippen LogP contribution in [-0.4, -0.2) is 19.0 Å². The Morgan fingerprint density at radius 1 is 1.36 bits per heavy atom. The number of ether oxygens (including phenoxy) is 1. The molecule has 0 saturated carbocycles. The molecule has 0 spiro atoms. The molecule has 1 aromatic carbocycles. The molecule has 0 aliphatic rings. The second-order valence-corrected chi connectivity index (χ2v) is 3.08. The summed E-state index contributed by atoms with van der Waals surface area (Å²) in [4.78, 5) is 0. The van der Waals surface area contributed by atoms with Gasteiger partial charge in [0.25, 0.3) is 0 Å². The lowest BCUT2D eigenvalue weighted by Gasteiger charge is -2.10. The van der Waals surface area contributed by atoms with E-state index < -0.39 is 0 Å². The number of hydrogen-bond acceptors (Lipinski definition) is 4. The minimum absolute atomic E-state index is 0.0496. The summed E-state index contributed by atoms with van der Waals surface area (Å²) in [6.45, 7) is 2.38. The Morgan fingerprint density at radius 3 is 2.50 bits per heavy atom. The maximum atomic E-state index is 8.71. The van der Waals surface area contributed by atoms with Gasteiger partial charge in [-0.25, -0.2) is 0 Å². The van der Waals surface area contributed by atoms with Crippen LogP contribution >= 0.6 is 0 Å². The third kappa shape index (κ3) is 2.99. The van der Waals surface area contributed by atoms with Gasteiger partial charge in [-0.3, -0.25) is 0 Å². The Bertz CT molecular complexity index is 261. The van der Waals surface area contributed by atoms with Crippen molar-refractivity contribution in [2.24, 2.45) is 0 Å². The maximum absolute atomic E-state index is 8.71. The molecule has 0 radical (unpaired) electrons. The van der Waals surface area contributed by atoms with Crippen LogP contribution in [0.15, 0.2) is 24.3 Å². The van der Waals surface area contributed by atoms with Crippen LogP contribution in [0.3, 0.4) is 0 Å². The zero-order valence-electron chi connectivity index (χ0n) is 8.45. The van der Waals surface area contributed by atoms with E-state index in [2.05, 4.69) is 10.8 Å². The first kappa shape index (κ1) is 11.0. The molecule has 4 nitrogen and oxygen atoms in total. The number of benzene rings is 1. The van der Waals surface area contributed by atoms with Crippen molar-refractivity contribution in [1.82, 2.24) is 5.48 Å². The highest BCUT2D eigenvalue weighted by molar-refractivity contribution is 5.44. The summed E-state index contributed by atoms with van der Waals surface area (Å²) in [5.41, 5.74) is 4.24. The molecule has 0 fully saturated rings. The van der Waals surface area contributed by atoms with E-state index in [9.17, 15) is 0 Å². The van der Waals surface area contributed by atoms with Crippen LogP contribution in [0, 0.1) is 0 Å². The summed E-state index contributed by atoms with van der Waals surface area (Å²) in [5.74, 6) is 0. The van der Waals surface area contributed by atoms with E-state index in [4.69, 9.17) is 9.94 Å². The van der Waals surface area contributed by atoms with Crippen molar-refractivity contribution < 1.29 is 9.94 Å². The van der Waals surface area contributed by atoms with Crippen LogP contribution < -0.4 is 10.8 Å². The van der Waals surface area contributed by atoms with Crippen molar-refractivity contribution in [2.75, 3.05) is 19.2 Å². The number of methoxy groups -OCH3 is 1. The van der Waals surface area contributed by atoms with Crippen molar-refractivity contribution in [2.45, 2.75) is 13.0 Å². The summed E-state index contributed by atoms with van der Waals surface area (Å²) in [6.07, 6.45) is 0. The fraction of sp³-hybridized carbons (Fsp3) is 0.400. The molecule has 0 bridgehead atoms. The van der Waals surface area contributed by atoms with Crippen molar-refractivity contribution in [3.8, 4) is 0 Å². The normalized spacial score (nSPS) is 12.5. The van der Waals surface area contributed by atoms with Crippen LogP contribution in [-0.2, 0) is 4.74 Å². The zero-order chi connectivity index (χ0) is 10.4. The molecule has 0 aromatic heterocycles. The summed E-state index contributed by atoms with van der Waals surface area (Å²) in [6, 6.07) is 7.74. The van der Waals surface area contributed by atoms with Gasteiger partial charge in [0, 0.05) is 12.8 Å². The SMILES string of the molecule is COCNc1ccc(C(C)NO)cc1. The highest BCUT2D eigenvalue weighted by Gasteiger charge is 2.01. The van der Waals surface area contributed by atoms with Gasteiger partial charge in [-0.1, -0.05) is 12.1 Å². The van der Waals surface area contributed by atoms with Crippen molar-refractivity contribution in [3.05, 3.63) is 29.8 Å². The first-order valence-corrected chi connectivity index (χ1v) is 4.50. The summed E-state index contributed by atoms with van der Waals surface area (Å²) in [5, 5.41) is 11.8. The van der Waals surface area contributed by atoms with Gasteiger partial charge in [0.1, 0.15) is 6.73 Å².